The molecule has 1 N–H and O–H groups in total. The molecule has 0 saturated heterocycles. The summed E-state index contributed by atoms with van der Waals surface area (Å²) in [4.78, 5) is 38.4. The molecule has 5 aromatic heterocycles. The second-order valence-electron chi connectivity index (χ2n) is 11.6. The van der Waals surface area contributed by atoms with E-state index >= 15 is 0 Å². The number of aliphatic carboxylic acids is 1. The van der Waals surface area contributed by atoms with Gasteiger partial charge in [0.25, 0.3) is 0 Å². The van der Waals surface area contributed by atoms with E-state index in [9.17, 15) is 15.2 Å². The van der Waals surface area contributed by atoms with Crippen LogP contribution in [0.4, 0.5) is 0 Å². The second-order valence-corrected chi connectivity index (χ2v) is 12.4. The number of hydrogen-bond acceptors (Lipinski definition) is 10. The number of aryl methyl sites for hydroxylation is 2. The summed E-state index contributed by atoms with van der Waals surface area (Å²) in [5, 5.41) is 21.1. The Morgan fingerprint density at radius 3 is 1.86 bits per heavy atom. The maximum Gasteiger partial charge on any atom is 0.317 e. The van der Waals surface area contributed by atoms with E-state index in [2.05, 4.69) is 10.4 Å². The minimum absolute atomic E-state index is 0.152. The Hall–Kier alpha value is -5.96. The van der Waals surface area contributed by atoms with Gasteiger partial charge in [-0.2, -0.15) is 5.26 Å². The first-order valence-corrected chi connectivity index (χ1v) is 16.6. The van der Waals surface area contributed by atoms with Crippen molar-refractivity contribution in [3.05, 3.63) is 126 Å². The van der Waals surface area contributed by atoms with Gasteiger partial charge in [-0.05, 0) is 110 Å². The van der Waals surface area contributed by atoms with Crippen molar-refractivity contribution < 1.29 is 14.6 Å². The number of aromatic nitrogens is 5. The quantitative estimate of drug-likeness (QED) is 0.101. The molecule has 50 heavy (non-hydrogen) atoms. The average Bonchev–Trinajstić information content (AvgIpc) is 3.11. The van der Waals surface area contributed by atoms with Crippen LogP contribution in [0.2, 0.25) is 0 Å². The van der Waals surface area contributed by atoms with Crippen LogP contribution in [0.25, 0.3) is 45.3 Å². The number of nitriles is 1. The van der Waals surface area contributed by atoms with E-state index in [1.165, 1.54) is 0 Å². The third-order valence-corrected chi connectivity index (χ3v) is 8.42. The van der Waals surface area contributed by atoms with E-state index in [1.54, 1.807) is 12.0 Å². The number of thiocyanates is 1. The summed E-state index contributed by atoms with van der Waals surface area (Å²) in [6.45, 7) is 4.39. The average molecular weight is 680 g/mol. The molecular weight excluding hydrogens is 647 g/mol. The van der Waals surface area contributed by atoms with Gasteiger partial charge in [-0.25, -0.2) is 15.0 Å². The number of methoxy groups -OCH3 is 1. The first-order valence-electron chi connectivity index (χ1n) is 15.8. The van der Waals surface area contributed by atoms with Crippen molar-refractivity contribution in [3.63, 3.8) is 0 Å². The number of pyridine rings is 5. The van der Waals surface area contributed by atoms with Gasteiger partial charge in [-0.3, -0.25) is 19.7 Å². The molecule has 0 radical (unpaired) electrons. The van der Waals surface area contributed by atoms with E-state index in [0.29, 0.717) is 57.9 Å². The minimum atomic E-state index is -0.923. The standard InChI is InChI=1S/C39H33N7O3S/c1-25-8-4-10-29(41-25)21-46(23-39(47)48)22-30-11-6-13-31(43-30)32-14-7-15-34(44-32)36-19-28(18-35(45-36)33-12-5-9-26(2)42-33)27-16-17-37(49-3)38(20-27)50-24-40/h4-20H,21-23H2,1-3H3,(H,47,48). The fourth-order valence-electron chi connectivity index (χ4n) is 5.57. The molecule has 10 nitrogen and oxygen atoms in total. The van der Waals surface area contributed by atoms with Crippen LogP contribution in [0.15, 0.2) is 108 Å². The van der Waals surface area contributed by atoms with Crippen molar-refractivity contribution in [2.75, 3.05) is 13.7 Å². The van der Waals surface area contributed by atoms with Crippen LogP contribution in [-0.4, -0.2) is 54.6 Å². The lowest BCUT2D eigenvalue weighted by Crippen LogP contribution is -2.29. The molecule has 0 aliphatic carbocycles. The molecule has 0 atom stereocenters. The molecule has 248 valence electrons. The normalized spacial score (nSPS) is 10.9. The number of thioether (sulfide) groups is 1. The predicted octanol–water partition coefficient (Wildman–Crippen LogP) is 7.62. The number of benzene rings is 1. The molecule has 0 aliphatic heterocycles. The van der Waals surface area contributed by atoms with Gasteiger partial charge in [0.1, 0.15) is 11.2 Å². The summed E-state index contributed by atoms with van der Waals surface area (Å²) < 4.78 is 5.48. The number of carboxylic acids is 1. The lowest BCUT2D eigenvalue weighted by atomic mass is 10.0. The monoisotopic (exact) mass is 679 g/mol. The van der Waals surface area contributed by atoms with E-state index in [4.69, 9.17) is 24.7 Å². The van der Waals surface area contributed by atoms with Crippen LogP contribution < -0.4 is 4.74 Å². The van der Waals surface area contributed by atoms with Crippen LogP contribution in [0.3, 0.4) is 0 Å². The molecule has 6 rings (SSSR count). The Labute approximate surface area is 294 Å². The molecule has 5 heterocycles. The molecule has 0 spiro atoms. The van der Waals surface area contributed by atoms with Gasteiger partial charge in [-0.1, -0.05) is 30.3 Å². The summed E-state index contributed by atoms with van der Waals surface area (Å²) >= 11 is 1.04. The summed E-state index contributed by atoms with van der Waals surface area (Å²) in [5.74, 6) is -0.301. The summed E-state index contributed by atoms with van der Waals surface area (Å²) in [6.07, 6.45) is 0. The van der Waals surface area contributed by atoms with Crippen LogP contribution >= 0.6 is 11.8 Å². The highest BCUT2D eigenvalue weighted by Crippen LogP contribution is 2.36. The molecule has 6 aromatic rings. The van der Waals surface area contributed by atoms with Gasteiger partial charge < -0.3 is 9.84 Å². The highest BCUT2D eigenvalue weighted by molar-refractivity contribution is 8.03. The zero-order chi connectivity index (χ0) is 35.0. The van der Waals surface area contributed by atoms with Crippen LogP contribution in [0.1, 0.15) is 22.8 Å². The lowest BCUT2D eigenvalue weighted by molar-refractivity contribution is -0.138. The number of carbonyl (C=O) groups is 1. The lowest BCUT2D eigenvalue weighted by Gasteiger charge is -2.20. The van der Waals surface area contributed by atoms with Crippen LogP contribution in [-0.2, 0) is 17.9 Å². The van der Waals surface area contributed by atoms with E-state index in [1.807, 2.05) is 117 Å². The fraction of sp³-hybridized carbons (Fsp3) is 0.154. The molecular formula is C39H33N7O3S. The molecule has 0 amide bonds. The minimum Gasteiger partial charge on any atom is -0.496 e. The van der Waals surface area contributed by atoms with Crippen LogP contribution in [0.5, 0.6) is 5.75 Å². The smallest absolute Gasteiger partial charge is 0.317 e. The third-order valence-electron chi connectivity index (χ3n) is 7.79. The number of hydrogen-bond donors (Lipinski definition) is 1. The SMILES string of the molecule is COc1ccc(-c2cc(-c3cccc(C)n3)nc(-c3cccc(-c4cccc(CN(CC(=O)O)Cc5cccc(C)n5)n4)n3)c2)cc1SC#N. The topological polar surface area (TPSA) is 138 Å². The third kappa shape index (κ3) is 8.36. The van der Waals surface area contributed by atoms with Gasteiger partial charge in [0.2, 0.25) is 0 Å². The van der Waals surface area contributed by atoms with Gasteiger partial charge in [0, 0.05) is 24.5 Å². The largest absolute Gasteiger partial charge is 0.496 e. The van der Waals surface area contributed by atoms with Crippen LogP contribution in [0, 0.1) is 24.5 Å². The zero-order valence-corrected chi connectivity index (χ0v) is 28.6. The van der Waals surface area contributed by atoms with Gasteiger partial charge in [-0.15, -0.1) is 0 Å². The Morgan fingerprint density at radius 2 is 1.24 bits per heavy atom. The summed E-state index contributed by atoms with van der Waals surface area (Å²) in [5.41, 5.74) is 9.01. The van der Waals surface area contributed by atoms with Gasteiger partial charge in [0.05, 0.1) is 64.1 Å². The number of carboxylic acid groups (broad SMARTS) is 1. The van der Waals surface area contributed by atoms with Crippen molar-refractivity contribution >= 4 is 17.7 Å². The predicted molar refractivity (Wildman–Crippen MR) is 193 cm³/mol. The number of rotatable bonds is 12. The van der Waals surface area contributed by atoms with Crippen molar-refractivity contribution in [3.8, 4) is 56.4 Å². The highest BCUT2D eigenvalue weighted by Gasteiger charge is 2.16. The van der Waals surface area contributed by atoms with Crippen molar-refractivity contribution in [2.24, 2.45) is 0 Å². The molecule has 0 unspecified atom stereocenters. The van der Waals surface area contributed by atoms with Crippen molar-refractivity contribution in [1.29, 1.82) is 5.26 Å². The maximum atomic E-state index is 11.7. The molecule has 0 saturated carbocycles. The zero-order valence-electron chi connectivity index (χ0n) is 27.7. The van der Waals surface area contributed by atoms with Gasteiger partial charge >= 0.3 is 5.97 Å². The highest BCUT2D eigenvalue weighted by atomic mass is 32.2. The second kappa shape index (κ2) is 15.5. The Kier molecular flexibility index (Phi) is 10.5. The van der Waals surface area contributed by atoms with Crippen molar-refractivity contribution in [1.82, 2.24) is 29.8 Å². The van der Waals surface area contributed by atoms with Crippen molar-refractivity contribution in [2.45, 2.75) is 31.8 Å². The first-order chi connectivity index (χ1) is 24.3. The molecule has 11 heteroatoms. The molecule has 1 aromatic carbocycles. The summed E-state index contributed by atoms with van der Waals surface area (Å²) in [7, 11) is 1.58. The van der Waals surface area contributed by atoms with E-state index in [-0.39, 0.29) is 6.54 Å². The maximum absolute atomic E-state index is 11.7. The fourth-order valence-corrected chi connectivity index (χ4v) is 6.10. The number of nitrogens with zero attached hydrogens (tertiary/aromatic N) is 7. The van der Waals surface area contributed by atoms with E-state index in [0.717, 1.165) is 45.7 Å². The molecule has 0 fully saturated rings. The Bertz CT molecular complexity index is 2220. The van der Waals surface area contributed by atoms with Gasteiger partial charge in [0.15, 0.2) is 0 Å². The first kappa shape index (κ1) is 33.9. The Morgan fingerprint density at radius 1 is 0.700 bits per heavy atom. The molecule has 0 aliphatic rings. The van der Waals surface area contributed by atoms with E-state index < -0.39 is 5.97 Å². The Balaban J connectivity index is 1.36. The summed E-state index contributed by atoms with van der Waals surface area (Å²) in [6, 6.07) is 32.6. The number of ether oxygens (including phenoxy) is 1. The molecule has 0 bridgehead atoms.